The molecule has 5 heteroatoms. The molecule has 0 amide bonds. The van der Waals surface area contributed by atoms with Gasteiger partial charge in [0.25, 0.3) is 0 Å². The molecule has 0 radical (unpaired) electrons. The van der Waals surface area contributed by atoms with E-state index in [9.17, 15) is 0 Å². The molecule has 102 valence electrons. The molecule has 20 heavy (non-hydrogen) atoms. The van der Waals surface area contributed by atoms with Crippen molar-refractivity contribution in [3.63, 3.8) is 0 Å². The Morgan fingerprint density at radius 1 is 1.20 bits per heavy atom. The number of imidazole rings is 1. The van der Waals surface area contributed by atoms with Crippen molar-refractivity contribution in [1.82, 2.24) is 9.38 Å². The number of ether oxygens (including phenoxy) is 1. The minimum Gasteiger partial charge on any atom is -0.486 e. The van der Waals surface area contributed by atoms with Crippen molar-refractivity contribution in [3.8, 4) is 5.75 Å². The van der Waals surface area contributed by atoms with Crippen LogP contribution in [0.1, 0.15) is 11.3 Å². The maximum atomic E-state index is 6.14. The van der Waals surface area contributed by atoms with E-state index < -0.39 is 0 Å². The number of hydrogen-bond acceptors (Lipinski definition) is 2. The molecule has 0 aliphatic heterocycles. The molecule has 2 aromatic heterocycles. The van der Waals surface area contributed by atoms with Crippen molar-refractivity contribution in [1.29, 1.82) is 0 Å². The highest BCUT2D eigenvalue weighted by Crippen LogP contribution is 2.26. The average Bonchev–Trinajstić information content (AvgIpc) is 2.88. The van der Waals surface area contributed by atoms with E-state index in [0.29, 0.717) is 23.3 Å². The van der Waals surface area contributed by atoms with Gasteiger partial charge in [0.05, 0.1) is 10.7 Å². The molecule has 0 atom stereocenters. The first-order valence-electron chi connectivity index (χ1n) is 6.16. The van der Waals surface area contributed by atoms with Gasteiger partial charge in [-0.1, -0.05) is 23.7 Å². The van der Waals surface area contributed by atoms with Crippen molar-refractivity contribution >= 4 is 28.8 Å². The Balaban J connectivity index is 1.75. The Kier molecular flexibility index (Phi) is 3.81. The van der Waals surface area contributed by atoms with Crippen LogP contribution >= 0.6 is 23.2 Å². The summed E-state index contributed by atoms with van der Waals surface area (Å²) in [6.07, 6.45) is 3.89. The summed E-state index contributed by atoms with van der Waals surface area (Å²) in [4.78, 5) is 4.46. The Bertz CT molecular complexity index is 707. The Hall–Kier alpha value is -1.71. The minimum atomic E-state index is 0.377. The van der Waals surface area contributed by atoms with Gasteiger partial charge in [-0.05, 0) is 29.8 Å². The van der Waals surface area contributed by atoms with Crippen LogP contribution in [0.25, 0.3) is 5.65 Å². The van der Waals surface area contributed by atoms with Crippen molar-refractivity contribution in [2.45, 2.75) is 12.5 Å². The third-order valence-electron chi connectivity index (χ3n) is 2.94. The summed E-state index contributed by atoms with van der Waals surface area (Å²) >= 11 is 11.9. The molecule has 2 heterocycles. The molecule has 0 N–H and O–H groups in total. The summed E-state index contributed by atoms with van der Waals surface area (Å²) in [7, 11) is 0. The van der Waals surface area contributed by atoms with Crippen molar-refractivity contribution < 1.29 is 4.74 Å². The maximum absolute atomic E-state index is 6.14. The lowest BCUT2D eigenvalue weighted by Crippen LogP contribution is -1.96. The van der Waals surface area contributed by atoms with E-state index in [1.807, 2.05) is 53.2 Å². The fraction of sp³-hybridized carbons (Fsp3) is 0.133. The molecule has 3 rings (SSSR count). The summed E-state index contributed by atoms with van der Waals surface area (Å²) in [5, 5.41) is 0.562. The summed E-state index contributed by atoms with van der Waals surface area (Å²) in [6.45, 7) is 0.377. The summed E-state index contributed by atoms with van der Waals surface area (Å²) < 4.78 is 7.66. The second kappa shape index (κ2) is 5.73. The minimum absolute atomic E-state index is 0.377. The van der Waals surface area contributed by atoms with Gasteiger partial charge >= 0.3 is 0 Å². The van der Waals surface area contributed by atoms with Crippen LogP contribution in [0, 0.1) is 0 Å². The van der Waals surface area contributed by atoms with Crippen LogP contribution in [0.2, 0.25) is 5.02 Å². The fourth-order valence-electron chi connectivity index (χ4n) is 1.95. The van der Waals surface area contributed by atoms with Crippen LogP contribution in [0.3, 0.4) is 0 Å². The predicted molar refractivity (Wildman–Crippen MR) is 80.5 cm³/mol. The number of rotatable bonds is 4. The van der Waals surface area contributed by atoms with Gasteiger partial charge in [0.2, 0.25) is 0 Å². The van der Waals surface area contributed by atoms with Crippen LogP contribution in [-0.4, -0.2) is 9.38 Å². The van der Waals surface area contributed by atoms with Crippen LogP contribution in [-0.2, 0) is 12.5 Å². The third kappa shape index (κ3) is 2.74. The topological polar surface area (TPSA) is 26.5 Å². The first kappa shape index (κ1) is 13.3. The summed E-state index contributed by atoms with van der Waals surface area (Å²) in [5.41, 5.74) is 2.72. The number of halogens is 2. The van der Waals surface area contributed by atoms with E-state index >= 15 is 0 Å². The molecule has 0 unspecified atom stereocenters. The first-order valence-corrected chi connectivity index (χ1v) is 7.07. The van der Waals surface area contributed by atoms with Gasteiger partial charge in [0.15, 0.2) is 0 Å². The summed E-state index contributed by atoms with van der Waals surface area (Å²) in [6, 6.07) is 11.4. The lowest BCUT2D eigenvalue weighted by atomic mass is 10.2. The predicted octanol–water partition coefficient (Wildman–Crippen LogP) is 4.31. The number of fused-ring (bicyclic) bond motifs is 1. The van der Waals surface area contributed by atoms with Crippen molar-refractivity contribution in [2.75, 3.05) is 0 Å². The number of alkyl halides is 1. The molecule has 0 fully saturated rings. The summed E-state index contributed by atoms with van der Waals surface area (Å²) in [5.74, 6) is 1.07. The van der Waals surface area contributed by atoms with E-state index in [1.54, 1.807) is 0 Å². The van der Waals surface area contributed by atoms with Gasteiger partial charge in [-0.15, -0.1) is 11.6 Å². The number of pyridine rings is 1. The lowest BCUT2D eigenvalue weighted by molar-refractivity contribution is 0.302. The van der Waals surface area contributed by atoms with Gasteiger partial charge in [0.1, 0.15) is 18.0 Å². The second-order valence-corrected chi connectivity index (χ2v) is 5.06. The Morgan fingerprint density at radius 3 is 2.85 bits per heavy atom. The molecule has 0 saturated carbocycles. The maximum Gasteiger partial charge on any atom is 0.138 e. The SMILES string of the molecule is ClCc1ccc(OCc2cn3ccccc3n2)c(Cl)c1. The molecule has 3 nitrogen and oxygen atoms in total. The lowest BCUT2D eigenvalue weighted by Gasteiger charge is -2.07. The van der Waals surface area contributed by atoms with Crippen LogP contribution in [0.15, 0.2) is 48.8 Å². The van der Waals surface area contributed by atoms with E-state index in [-0.39, 0.29) is 0 Å². The third-order valence-corrected chi connectivity index (χ3v) is 3.54. The molecule has 0 aliphatic carbocycles. The monoisotopic (exact) mass is 306 g/mol. The molecular weight excluding hydrogens is 295 g/mol. The second-order valence-electron chi connectivity index (χ2n) is 4.39. The van der Waals surface area contributed by atoms with E-state index in [0.717, 1.165) is 16.9 Å². The molecule has 0 aliphatic rings. The van der Waals surface area contributed by atoms with Gasteiger partial charge < -0.3 is 9.14 Å². The zero-order valence-electron chi connectivity index (χ0n) is 10.6. The quantitative estimate of drug-likeness (QED) is 0.672. The van der Waals surface area contributed by atoms with Crippen LogP contribution in [0.5, 0.6) is 5.75 Å². The molecule has 0 bridgehead atoms. The largest absolute Gasteiger partial charge is 0.486 e. The fourth-order valence-corrected chi connectivity index (χ4v) is 2.38. The highest BCUT2D eigenvalue weighted by atomic mass is 35.5. The highest BCUT2D eigenvalue weighted by Gasteiger charge is 2.05. The van der Waals surface area contributed by atoms with Crippen molar-refractivity contribution in [2.24, 2.45) is 0 Å². The van der Waals surface area contributed by atoms with Crippen LogP contribution in [0.4, 0.5) is 0 Å². The number of benzene rings is 1. The number of nitrogens with zero attached hydrogens (tertiary/aromatic N) is 2. The van der Waals surface area contributed by atoms with Gasteiger partial charge in [-0.3, -0.25) is 0 Å². The van der Waals surface area contributed by atoms with E-state index in [2.05, 4.69) is 4.98 Å². The Labute approximate surface area is 126 Å². The zero-order valence-corrected chi connectivity index (χ0v) is 12.1. The van der Waals surface area contributed by atoms with Gasteiger partial charge in [0, 0.05) is 18.3 Å². The number of hydrogen-bond donors (Lipinski definition) is 0. The standard InChI is InChI=1S/C15H12Cl2N2O/c16-8-11-4-5-14(13(17)7-11)20-10-12-9-19-6-2-1-3-15(19)18-12/h1-7,9H,8,10H2. The normalized spacial score (nSPS) is 10.9. The highest BCUT2D eigenvalue weighted by molar-refractivity contribution is 6.32. The first-order chi connectivity index (χ1) is 9.76. The van der Waals surface area contributed by atoms with E-state index in [1.165, 1.54) is 0 Å². The van der Waals surface area contributed by atoms with E-state index in [4.69, 9.17) is 27.9 Å². The average molecular weight is 307 g/mol. The molecule has 0 saturated heterocycles. The number of aromatic nitrogens is 2. The molecule has 0 spiro atoms. The van der Waals surface area contributed by atoms with Gasteiger partial charge in [-0.25, -0.2) is 4.98 Å². The molecule has 1 aromatic carbocycles. The zero-order chi connectivity index (χ0) is 13.9. The molecule has 3 aromatic rings. The van der Waals surface area contributed by atoms with Crippen LogP contribution < -0.4 is 4.74 Å². The van der Waals surface area contributed by atoms with Crippen molar-refractivity contribution in [3.05, 3.63) is 65.1 Å². The smallest absolute Gasteiger partial charge is 0.138 e. The molecular formula is C15H12Cl2N2O. The Morgan fingerprint density at radius 2 is 2.10 bits per heavy atom. The van der Waals surface area contributed by atoms with Gasteiger partial charge in [-0.2, -0.15) is 0 Å².